The van der Waals surface area contributed by atoms with E-state index in [4.69, 9.17) is 9.47 Å². The van der Waals surface area contributed by atoms with Crippen LogP contribution >= 0.6 is 0 Å². The third-order valence-electron chi connectivity index (χ3n) is 9.62. The first kappa shape index (κ1) is 25.1. The fraction of sp³-hybridized carbons (Fsp3) is 0.778. The van der Waals surface area contributed by atoms with E-state index in [0.717, 1.165) is 24.8 Å². The van der Waals surface area contributed by atoms with E-state index in [-0.39, 0.29) is 35.4 Å². The van der Waals surface area contributed by atoms with Crippen LogP contribution in [0.4, 0.5) is 0 Å². The lowest BCUT2D eigenvalue weighted by Gasteiger charge is -2.60. The number of esters is 2. The first-order valence-electron chi connectivity index (χ1n) is 12.8. The Hall–Kier alpha value is -2.02. The Kier molecular flexibility index (Phi) is 6.56. The molecule has 0 bridgehead atoms. The van der Waals surface area contributed by atoms with Crippen molar-refractivity contribution in [2.45, 2.75) is 97.2 Å². The maximum atomic E-state index is 13.6. The van der Waals surface area contributed by atoms with Crippen LogP contribution in [0.1, 0.15) is 85.5 Å². The third-order valence-corrected chi connectivity index (χ3v) is 9.62. The fourth-order valence-corrected chi connectivity index (χ4v) is 8.09. The molecule has 7 atom stereocenters. The molecule has 1 N–H and O–H groups in total. The Labute approximate surface area is 201 Å². The molecule has 0 aromatic rings. The minimum absolute atomic E-state index is 0.00406. The van der Waals surface area contributed by atoms with Crippen LogP contribution in [0.5, 0.6) is 0 Å². The van der Waals surface area contributed by atoms with Gasteiger partial charge in [0.15, 0.2) is 18.0 Å². The van der Waals surface area contributed by atoms with Gasteiger partial charge in [-0.25, -0.2) is 0 Å². The average Bonchev–Trinajstić information content (AvgIpc) is 3.04. The second-order valence-corrected chi connectivity index (χ2v) is 11.4. The van der Waals surface area contributed by atoms with E-state index in [1.807, 2.05) is 13.8 Å². The molecule has 34 heavy (non-hydrogen) atoms. The molecule has 4 aliphatic rings. The SMILES string of the molecule is CCCC(=O)O[C@]1(C(=O)COC(C)=O)CC[C@H]2[C@@H]3CCC4=CC(=O)CC[C@]4(C)[C@H]3[C@@H](O)C[C@@]21C. The highest BCUT2D eigenvalue weighted by Gasteiger charge is 2.70. The van der Waals surface area contributed by atoms with Gasteiger partial charge in [-0.05, 0) is 74.2 Å². The molecule has 0 unspecified atom stereocenters. The minimum atomic E-state index is -1.41. The fourth-order valence-electron chi connectivity index (χ4n) is 8.09. The summed E-state index contributed by atoms with van der Waals surface area (Å²) in [5.74, 6) is -0.954. The summed E-state index contributed by atoms with van der Waals surface area (Å²) in [5.41, 5.74) is -1.25. The van der Waals surface area contributed by atoms with Crippen LogP contribution < -0.4 is 0 Å². The van der Waals surface area contributed by atoms with Crippen molar-refractivity contribution in [2.75, 3.05) is 6.61 Å². The summed E-state index contributed by atoms with van der Waals surface area (Å²) >= 11 is 0. The van der Waals surface area contributed by atoms with Gasteiger partial charge < -0.3 is 14.6 Å². The summed E-state index contributed by atoms with van der Waals surface area (Å²) < 4.78 is 11.1. The monoisotopic (exact) mass is 474 g/mol. The minimum Gasteiger partial charge on any atom is -0.458 e. The molecule has 3 fully saturated rings. The molecule has 4 aliphatic carbocycles. The molecule has 0 heterocycles. The molecule has 3 saturated carbocycles. The van der Waals surface area contributed by atoms with Crippen molar-refractivity contribution in [3.63, 3.8) is 0 Å². The lowest BCUT2D eigenvalue weighted by Crippen LogP contribution is -2.63. The van der Waals surface area contributed by atoms with Crippen LogP contribution in [-0.2, 0) is 28.7 Å². The van der Waals surface area contributed by atoms with Gasteiger partial charge in [-0.15, -0.1) is 0 Å². The number of ketones is 2. The molecule has 0 aliphatic heterocycles. The topological polar surface area (TPSA) is 107 Å². The molecular formula is C27H38O7. The van der Waals surface area contributed by atoms with Crippen LogP contribution in [0.25, 0.3) is 0 Å². The van der Waals surface area contributed by atoms with E-state index >= 15 is 0 Å². The van der Waals surface area contributed by atoms with Crippen molar-refractivity contribution in [1.82, 2.24) is 0 Å². The van der Waals surface area contributed by atoms with Crippen molar-refractivity contribution in [2.24, 2.45) is 28.6 Å². The Bertz CT molecular complexity index is 922. The van der Waals surface area contributed by atoms with E-state index in [2.05, 4.69) is 6.92 Å². The van der Waals surface area contributed by atoms with Crippen LogP contribution in [0, 0.1) is 28.6 Å². The number of hydrogen-bond acceptors (Lipinski definition) is 7. The number of hydrogen-bond donors (Lipinski definition) is 1. The molecule has 0 aromatic carbocycles. The third kappa shape index (κ3) is 3.75. The molecule has 188 valence electrons. The highest BCUT2D eigenvalue weighted by atomic mass is 16.6. The molecule has 0 radical (unpaired) electrons. The van der Waals surface area contributed by atoms with Crippen LogP contribution in [0.3, 0.4) is 0 Å². The van der Waals surface area contributed by atoms with Crippen LogP contribution in [0.15, 0.2) is 11.6 Å². The van der Waals surface area contributed by atoms with Gasteiger partial charge in [0.2, 0.25) is 5.78 Å². The predicted octanol–water partition coefficient (Wildman–Crippen LogP) is 3.70. The van der Waals surface area contributed by atoms with Gasteiger partial charge >= 0.3 is 11.9 Å². The van der Waals surface area contributed by atoms with E-state index in [0.29, 0.717) is 32.1 Å². The number of fused-ring (bicyclic) bond motifs is 5. The predicted molar refractivity (Wildman–Crippen MR) is 123 cm³/mol. The Balaban J connectivity index is 1.71. The first-order chi connectivity index (χ1) is 16.0. The number of allylic oxidation sites excluding steroid dienone is 1. The number of aliphatic hydroxyl groups excluding tert-OH is 1. The highest BCUT2D eigenvalue weighted by molar-refractivity contribution is 5.93. The summed E-state index contributed by atoms with van der Waals surface area (Å²) in [6.45, 7) is 6.86. The van der Waals surface area contributed by atoms with Crippen molar-refractivity contribution in [3.8, 4) is 0 Å². The highest BCUT2D eigenvalue weighted by Crippen LogP contribution is 2.68. The molecule has 0 saturated heterocycles. The first-order valence-corrected chi connectivity index (χ1v) is 12.8. The molecule has 0 spiro atoms. The van der Waals surface area contributed by atoms with E-state index in [9.17, 15) is 24.3 Å². The zero-order valence-corrected chi connectivity index (χ0v) is 20.9. The van der Waals surface area contributed by atoms with E-state index in [1.54, 1.807) is 6.08 Å². The number of ether oxygens (including phenoxy) is 2. The summed E-state index contributed by atoms with van der Waals surface area (Å²) in [4.78, 5) is 49.8. The van der Waals surface area contributed by atoms with Gasteiger partial charge in [-0.3, -0.25) is 19.2 Å². The second kappa shape index (κ2) is 8.89. The van der Waals surface area contributed by atoms with Crippen LogP contribution in [0.2, 0.25) is 0 Å². The summed E-state index contributed by atoms with van der Waals surface area (Å²) in [7, 11) is 0. The maximum Gasteiger partial charge on any atom is 0.306 e. The van der Waals surface area contributed by atoms with Gasteiger partial charge in [0.05, 0.1) is 6.10 Å². The van der Waals surface area contributed by atoms with Crippen molar-refractivity contribution >= 4 is 23.5 Å². The quantitative estimate of drug-likeness (QED) is 0.585. The number of aliphatic hydroxyl groups is 1. The lowest BCUT2D eigenvalue weighted by atomic mass is 9.45. The van der Waals surface area contributed by atoms with E-state index in [1.165, 1.54) is 6.92 Å². The molecule has 0 aromatic heterocycles. The zero-order valence-electron chi connectivity index (χ0n) is 20.9. The van der Waals surface area contributed by atoms with Crippen molar-refractivity contribution in [1.29, 1.82) is 0 Å². The summed E-state index contributed by atoms with van der Waals surface area (Å²) in [6.07, 6.45) is 6.23. The summed E-state index contributed by atoms with van der Waals surface area (Å²) in [5, 5.41) is 11.6. The van der Waals surface area contributed by atoms with Gasteiger partial charge in [-0.1, -0.05) is 26.3 Å². The lowest BCUT2D eigenvalue weighted by molar-refractivity contribution is -0.203. The molecule has 0 amide bonds. The van der Waals surface area contributed by atoms with Crippen LogP contribution in [-0.4, -0.2) is 46.9 Å². The summed E-state index contributed by atoms with van der Waals surface area (Å²) in [6, 6.07) is 0. The average molecular weight is 475 g/mol. The Morgan fingerprint density at radius 1 is 1.15 bits per heavy atom. The number of carbonyl (C=O) groups excluding carboxylic acids is 4. The standard InChI is InChI=1S/C27H38O7/c1-5-6-23(32)34-27(22(31)15-33-16(2)28)12-10-20-19-8-7-17-13-18(29)9-11-25(17,3)24(19)21(30)14-26(20,27)4/h13,19-21,24,30H,5-12,14-15H2,1-4H3/t19-,20-,21-,24+,25-,26-,27-/m0/s1. The Morgan fingerprint density at radius 2 is 1.88 bits per heavy atom. The second-order valence-electron chi connectivity index (χ2n) is 11.4. The molecule has 7 nitrogen and oxygen atoms in total. The normalized spacial score (nSPS) is 41.0. The number of Topliss-reactive ketones (excluding diaryl/α,β-unsaturated/α-hetero) is 1. The smallest absolute Gasteiger partial charge is 0.306 e. The largest absolute Gasteiger partial charge is 0.458 e. The molecule has 4 rings (SSSR count). The number of rotatable bonds is 6. The van der Waals surface area contributed by atoms with Crippen molar-refractivity contribution in [3.05, 3.63) is 11.6 Å². The zero-order chi connectivity index (χ0) is 24.9. The van der Waals surface area contributed by atoms with Gasteiger partial charge in [-0.2, -0.15) is 0 Å². The van der Waals surface area contributed by atoms with Gasteiger partial charge in [0, 0.05) is 25.2 Å². The molecule has 7 heteroatoms. The maximum absolute atomic E-state index is 13.6. The van der Waals surface area contributed by atoms with Crippen molar-refractivity contribution < 1.29 is 33.8 Å². The van der Waals surface area contributed by atoms with Gasteiger partial charge in [0.1, 0.15) is 0 Å². The molecular weight excluding hydrogens is 436 g/mol. The van der Waals surface area contributed by atoms with Gasteiger partial charge in [0.25, 0.3) is 0 Å². The Morgan fingerprint density at radius 3 is 2.56 bits per heavy atom. The van der Waals surface area contributed by atoms with E-state index < -0.39 is 41.4 Å². The number of carbonyl (C=O) groups is 4.